The van der Waals surface area contributed by atoms with E-state index in [9.17, 15) is 9.59 Å². The van der Waals surface area contributed by atoms with Gasteiger partial charge in [0.1, 0.15) is 5.75 Å². The van der Waals surface area contributed by atoms with Crippen LogP contribution in [0, 0.1) is 6.92 Å². The van der Waals surface area contributed by atoms with Gasteiger partial charge >= 0.3 is 0 Å². The van der Waals surface area contributed by atoms with Gasteiger partial charge in [0.05, 0.1) is 0 Å². The number of hydrogen-bond donors (Lipinski definition) is 2. The van der Waals surface area contributed by atoms with Gasteiger partial charge in [-0.15, -0.1) is 0 Å². The van der Waals surface area contributed by atoms with Crippen molar-refractivity contribution in [2.24, 2.45) is 5.73 Å². The molecule has 22 heavy (non-hydrogen) atoms. The molecule has 0 aliphatic heterocycles. The van der Waals surface area contributed by atoms with E-state index in [2.05, 4.69) is 21.2 Å². The smallest absolute Gasteiger partial charge is 0.262 e. The van der Waals surface area contributed by atoms with E-state index >= 15 is 0 Å². The van der Waals surface area contributed by atoms with Crippen molar-refractivity contribution in [3.05, 3.63) is 58.1 Å². The monoisotopic (exact) mass is 362 g/mol. The van der Waals surface area contributed by atoms with Crippen LogP contribution < -0.4 is 15.8 Å². The number of carbonyl (C=O) groups is 2. The largest absolute Gasteiger partial charge is 0.484 e. The van der Waals surface area contributed by atoms with Crippen LogP contribution in [0.3, 0.4) is 0 Å². The molecule has 0 aromatic heterocycles. The van der Waals surface area contributed by atoms with E-state index in [0.29, 0.717) is 17.0 Å². The zero-order valence-corrected chi connectivity index (χ0v) is 13.5. The van der Waals surface area contributed by atoms with Crippen molar-refractivity contribution in [1.29, 1.82) is 0 Å². The number of nitrogens with two attached hydrogens (primary N) is 1. The van der Waals surface area contributed by atoms with Crippen molar-refractivity contribution in [2.75, 3.05) is 11.9 Å². The molecule has 0 radical (unpaired) electrons. The Labute approximate surface area is 136 Å². The molecule has 0 aliphatic rings. The van der Waals surface area contributed by atoms with E-state index in [0.717, 1.165) is 10.0 Å². The van der Waals surface area contributed by atoms with E-state index in [-0.39, 0.29) is 12.5 Å². The molecule has 0 saturated carbocycles. The van der Waals surface area contributed by atoms with Gasteiger partial charge in [0, 0.05) is 15.7 Å². The Bertz CT molecular complexity index is 699. The zero-order chi connectivity index (χ0) is 16.1. The first-order valence-electron chi connectivity index (χ1n) is 6.54. The number of anilines is 1. The summed E-state index contributed by atoms with van der Waals surface area (Å²) in [6, 6.07) is 11.8. The molecule has 5 nitrogen and oxygen atoms in total. The molecule has 2 aromatic rings. The highest BCUT2D eigenvalue weighted by atomic mass is 79.9. The topological polar surface area (TPSA) is 81.4 Å². The molecule has 2 rings (SSSR count). The number of rotatable bonds is 5. The molecule has 0 aliphatic carbocycles. The van der Waals surface area contributed by atoms with Gasteiger partial charge in [-0.05, 0) is 48.9 Å². The normalized spacial score (nSPS) is 10.1. The van der Waals surface area contributed by atoms with Crippen LogP contribution in [0.4, 0.5) is 5.69 Å². The number of carbonyl (C=O) groups excluding carboxylic acids is 2. The molecule has 0 atom stereocenters. The summed E-state index contributed by atoms with van der Waals surface area (Å²) < 4.78 is 6.28. The summed E-state index contributed by atoms with van der Waals surface area (Å²) in [5.41, 5.74) is 7.31. The third-order valence-electron chi connectivity index (χ3n) is 2.96. The van der Waals surface area contributed by atoms with Crippen LogP contribution >= 0.6 is 15.9 Å². The summed E-state index contributed by atoms with van der Waals surface area (Å²) in [5, 5.41) is 2.74. The van der Waals surface area contributed by atoms with Gasteiger partial charge in [-0.2, -0.15) is 0 Å². The van der Waals surface area contributed by atoms with E-state index in [1.165, 1.54) is 0 Å². The first-order valence-corrected chi connectivity index (χ1v) is 7.33. The van der Waals surface area contributed by atoms with E-state index in [1.54, 1.807) is 24.3 Å². The van der Waals surface area contributed by atoms with Crippen LogP contribution in [-0.2, 0) is 4.79 Å². The maximum absolute atomic E-state index is 11.8. The van der Waals surface area contributed by atoms with Crippen LogP contribution in [-0.4, -0.2) is 18.4 Å². The molecule has 0 fully saturated rings. The molecule has 0 heterocycles. The zero-order valence-electron chi connectivity index (χ0n) is 11.9. The summed E-state index contributed by atoms with van der Waals surface area (Å²) in [4.78, 5) is 22.8. The number of hydrogen-bond acceptors (Lipinski definition) is 3. The van der Waals surface area contributed by atoms with E-state index < -0.39 is 5.91 Å². The summed E-state index contributed by atoms with van der Waals surface area (Å²) in [5.74, 6) is -0.283. The van der Waals surface area contributed by atoms with Gasteiger partial charge in [0.2, 0.25) is 5.91 Å². The second-order valence-corrected chi connectivity index (χ2v) is 5.54. The van der Waals surface area contributed by atoms with E-state index in [4.69, 9.17) is 10.5 Å². The SMILES string of the molecule is Cc1ccc(NC(=O)COc2ccc(C(N)=O)cc2)cc1Br. The van der Waals surface area contributed by atoms with Crippen LogP contribution in [0.2, 0.25) is 0 Å². The standard InChI is InChI=1S/C16H15BrN2O3/c1-10-2-5-12(8-14(10)17)19-15(20)9-22-13-6-3-11(4-7-13)16(18)21/h2-8H,9H2,1H3,(H2,18,21)(H,19,20). The molecule has 0 saturated heterocycles. The Balaban J connectivity index is 1.89. The molecule has 6 heteroatoms. The minimum atomic E-state index is -0.505. The fraction of sp³-hybridized carbons (Fsp3) is 0.125. The molecule has 0 unspecified atom stereocenters. The summed E-state index contributed by atoms with van der Waals surface area (Å²) in [6.45, 7) is 1.84. The van der Waals surface area contributed by atoms with Crippen LogP contribution in [0.15, 0.2) is 46.9 Å². The lowest BCUT2D eigenvalue weighted by Crippen LogP contribution is -2.20. The quantitative estimate of drug-likeness (QED) is 0.857. The maximum Gasteiger partial charge on any atom is 0.262 e. The lowest BCUT2D eigenvalue weighted by molar-refractivity contribution is -0.118. The first-order chi connectivity index (χ1) is 10.5. The molecule has 2 amide bonds. The Morgan fingerprint density at radius 1 is 1.18 bits per heavy atom. The Hall–Kier alpha value is -2.34. The van der Waals surface area contributed by atoms with Gasteiger partial charge < -0.3 is 15.8 Å². The summed E-state index contributed by atoms with van der Waals surface area (Å²) >= 11 is 3.41. The number of nitrogens with one attached hydrogen (secondary N) is 1. The minimum absolute atomic E-state index is 0.124. The van der Waals surface area contributed by atoms with Crippen molar-refractivity contribution >= 4 is 33.4 Å². The van der Waals surface area contributed by atoms with Gasteiger partial charge in [-0.1, -0.05) is 22.0 Å². The Morgan fingerprint density at radius 2 is 1.86 bits per heavy atom. The number of amides is 2. The third kappa shape index (κ3) is 4.33. The predicted octanol–water partition coefficient (Wildman–Crippen LogP) is 2.87. The average molecular weight is 363 g/mol. The molecule has 2 aromatic carbocycles. The number of ether oxygens (including phenoxy) is 1. The van der Waals surface area contributed by atoms with Crippen molar-refractivity contribution in [3.8, 4) is 5.75 Å². The average Bonchev–Trinajstić information content (AvgIpc) is 2.49. The Kier molecular flexibility index (Phi) is 5.16. The number of primary amides is 1. The number of aryl methyl sites for hydroxylation is 1. The molecule has 0 bridgehead atoms. The van der Waals surface area contributed by atoms with Gasteiger partial charge in [-0.3, -0.25) is 9.59 Å². The van der Waals surface area contributed by atoms with Crippen LogP contribution in [0.25, 0.3) is 0 Å². The summed E-state index contributed by atoms with van der Waals surface area (Å²) in [6.07, 6.45) is 0. The second kappa shape index (κ2) is 7.09. The number of benzene rings is 2. The lowest BCUT2D eigenvalue weighted by Gasteiger charge is -2.09. The Morgan fingerprint density at radius 3 is 2.45 bits per heavy atom. The van der Waals surface area contributed by atoms with Crippen LogP contribution in [0.1, 0.15) is 15.9 Å². The fourth-order valence-electron chi connectivity index (χ4n) is 1.73. The van der Waals surface area contributed by atoms with Gasteiger partial charge in [0.25, 0.3) is 5.91 Å². The molecular formula is C16H15BrN2O3. The van der Waals surface area contributed by atoms with Crippen molar-refractivity contribution in [1.82, 2.24) is 0 Å². The predicted molar refractivity (Wildman–Crippen MR) is 88.0 cm³/mol. The highest BCUT2D eigenvalue weighted by molar-refractivity contribution is 9.10. The fourth-order valence-corrected chi connectivity index (χ4v) is 2.11. The van der Waals surface area contributed by atoms with Gasteiger partial charge in [-0.25, -0.2) is 0 Å². The maximum atomic E-state index is 11.8. The van der Waals surface area contributed by atoms with Gasteiger partial charge in [0.15, 0.2) is 6.61 Å². The molecule has 0 spiro atoms. The molecule has 3 N–H and O–H groups in total. The molecule has 114 valence electrons. The summed E-state index contributed by atoms with van der Waals surface area (Å²) in [7, 11) is 0. The van der Waals surface area contributed by atoms with Crippen molar-refractivity contribution in [2.45, 2.75) is 6.92 Å². The molecular weight excluding hydrogens is 348 g/mol. The van der Waals surface area contributed by atoms with Crippen molar-refractivity contribution in [3.63, 3.8) is 0 Å². The van der Waals surface area contributed by atoms with Crippen molar-refractivity contribution < 1.29 is 14.3 Å². The van der Waals surface area contributed by atoms with Crippen LogP contribution in [0.5, 0.6) is 5.75 Å². The minimum Gasteiger partial charge on any atom is -0.484 e. The third-order valence-corrected chi connectivity index (χ3v) is 3.82. The first kappa shape index (κ1) is 16.0. The number of halogens is 1. The highest BCUT2D eigenvalue weighted by Crippen LogP contribution is 2.20. The second-order valence-electron chi connectivity index (χ2n) is 4.69. The lowest BCUT2D eigenvalue weighted by atomic mass is 10.2. The van der Waals surface area contributed by atoms with E-state index in [1.807, 2.05) is 25.1 Å². The highest BCUT2D eigenvalue weighted by Gasteiger charge is 2.06.